The molecule has 4 aromatic rings. The second-order valence-electron chi connectivity index (χ2n) is 9.39. The first-order chi connectivity index (χ1) is 19.7. The van der Waals surface area contributed by atoms with Gasteiger partial charge in [-0.3, -0.25) is 4.57 Å². The van der Waals surface area contributed by atoms with Gasteiger partial charge >= 0.3 is 5.97 Å². The van der Waals surface area contributed by atoms with E-state index in [1.807, 2.05) is 19.9 Å². The Morgan fingerprint density at radius 3 is 2.63 bits per heavy atom. The Bertz CT molecular complexity index is 1500. The minimum atomic E-state index is -1.88. The smallest absolute Gasteiger partial charge is 0.342 e. The lowest BCUT2D eigenvalue weighted by Gasteiger charge is -2.32. The van der Waals surface area contributed by atoms with Crippen LogP contribution in [0.5, 0.6) is 0 Å². The molecule has 0 aliphatic carbocycles. The van der Waals surface area contributed by atoms with Gasteiger partial charge in [0.2, 0.25) is 10.9 Å². The molecule has 0 bridgehead atoms. The highest BCUT2D eigenvalue weighted by Crippen LogP contribution is 2.32. The molecule has 0 aliphatic rings. The predicted octanol–water partition coefficient (Wildman–Crippen LogP) is 2.87. The van der Waals surface area contributed by atoms with Crippen LogP contribution in [0.2, 0.25) is 5.28 Å². The molecule has 0 saturated carbocycles. The Labute approximate surface area is 245 Å². The molecule has 1 aromatic carbocycles. The highest BCUT2D eigenvalue weighted by Gasteiger charge is 2.44. The summed E-state index contributed by atoms with van der Waals surface area (Å²) in [7, 11) is 0. The number of halogens is 1. The van der Waals surface area contributed by atoms with E-state index in [0.29, 0.717) is 16.9 Å². The number of terminal acetylenes is 1. The van der Waals surface area contributed by atoms with Gasteiger partial charge in [-0.25, -0.2) is 14.8 Å². The molecular formula is C27H29ClN6O6S. The largest absolute Gasteiger partial charge is 0.479 e. The molecule has 0 radical (unpaired) electrons. The minimum absolute atomic E-state index is 0.0108. The quantitative estimate of drug-likeness (QED) is 0.124. The Kier molecular flexibility index (Phi) is 9.87. The summed E-state index contributed by atoms with van der Waals surface area (Å²) in [5.74, 6) is 1.33. The molecule has 0 spiro atoms. The molecule has 0 unspecified atom stereocenters. The number of hydrogen-bond donors (Lipinski definition) is 4. The second-order valence-corrected chi connectivity index (χ2v) is 10.4. The predicted molar refractivity (Wildman–Crippen MR) is 152 cm³/mol. The van der Waals surface area contributed by atoms with Gasteiger partial charge in [0.05, 0.1) is 30.7 Å². The summed E-state index contributed by atoms with van der Waals surface area (Å²) in [6, 6.07) is 8.99. The summed E-state index contributed by atoms with van der Waals surface area (Å²) in [5.41, 5.74) is 1.12. The maximum atomic E-state index is 12.7. The average Bonchev–Trinajstić information content (AvgIpc) is 3.63. The van der Waals surface area contributed by atoms with E-state index in [-0.39, 0.29) is 35.7 Å². The van der Waals surface area contributed by atoms with Gasteiger partial charge in [0.1, 0.15) is 6.10 Å². The van der Waals surface area contributed by atoms with Crippen molar-refractivity contribution in [1.29, 1.82) is 0 Å². The number of thiazole rings is 1. The third-order valence-electron chi connectivity index (χ3n) is 6.07. The summed E-state index contributed by atoms with van der Waals surface area (Å²) in [4.78, 5) is 29.7. The van der Waals surface area contributed by atoms with Gasteiger partial charge in [0.25, 0.3) is 0 Å². The van der Waals surface area contributed by atoms with Crippen molar-refractivity contribution in [2.45, 2.75) is 50.3 Å². The van der Waals surface area contributed by atoms with E-state index in [0.717, 1.165) is 0 Å². The maximum absolute atomic E-state index is 12.7. The molecule has 216 valence electrons. The minimum Gasteiger partial charge on any atom is -0.479 e. The van der Waals surface area contributed by atoms with E-state index in [1.54, 1.807) is 29.6 Å². The zero-order valence-electron chi connectivity index (χ0n) is 22.2. The highest BCUT2D eigenvalue weighted by molar-refractivity contribution is 7.07. The summed E-state index contributed by atoms with van der Waals surface area (Å²) in [5, 5.41) is 35.9. The summed E-state index contributed by atoms with van der Waals surface area (Å²) < 4.78 is 13.4. The van der Waals surface area contributed by atoms with E-state index in [4.69, 9.17) is 27.5 Å². The lowest BCUT2D eigenvalue weighted by atomic mass is 9.91. The number of fused-ring (bicyclic) bond motifs is 1. The van der Waals surface area contributed by atoms with Crippen LogP contribution < -0.4 is 5.32 Å². The van der Waals surface area contributed by atoms with Crippen LogP contribution in [-0.4, -0.2) is 77.3 Å². The van der Waals surface area contributed by atoms with Gasteiger partial charge in [0.15, 0.2) is 29.3 Å². The zero-order valence-corrected chi connectivity index (χ0v) is 23.8. The third-order valence-corrected chi connectivity index (χ3v) is 6.83. The molecular weight excluding hydrogens is 572 g/mol. The van der Waals surface area contributed by atoms with Crippen molar-refractivity contribution < 1.29 is 29.6 Å². The number of hydrogen-bond acceptors (Lipinski definition) is 11. The van der Waals surface area contributed by atoms with E-state index in [9.17, 15) is 20.1 Å². The van der Waals surface area contributed by atoms with Crippen LogP contribution in [0.3, 0.4) is 0 Å². The Hall–Kier alpha value is -3.64. The molecule has 0 fully saturated rings. The fraction of sp³-hybridized carbons (Fsp3) is 0.370. The van der Waals surface area contributed by atoms with Crippen LogP contribution in [0.15, 0.2) is 47.5 Å². The van der Waals surface area contributed by atoms with Gasteiger partial charge in [-0.05, 0) is 31.0 Å². The SMILES string of the molecule is C#C[C@@H](O)[C@@H](O[C@@H](CO)CO[C@](Cc1ccccc1)(C(=O)O)c1cscn1)n1cnc2c(NC(C)C)nc(Cl)nc21. The molecule has 0 saturated heterocycles. The van der Waals surface area contributed by atoms with Crippen molar-refractivity contribution in [3.05, 3.63) is 64.1 Å². The van der Waals surface area contributed by atoms with Crippen molar-refractivity contribution in [3.8, 4) is 12.3 Å². The lowest BCUT2D eigenvalue weighted by Crippen LogP contribution is -2.44. The number of aliphatic hydroxyl groups excluding tert-OH is 2. The molecule has 3 aromatic heterocycles. The zero-order chi connectivity index (χ0) is 29.6. The molecule has 14 heteroatoms. The number of benzene rings is 1. The van der Waals surface area contributed by atoms with Crippen LogP contribution in [0.4, 0.5) is 5.82 Å². The number of nitrogens with one attached hydrogen (secondary N) is 1. The number of carboxylic acids is 1. The van der Waals surface area contributed by atoms with Gasteiger partial charge in [0, 0.05) is 17.8 Å². The number of anilines is 1. The number of aromatic nitrogens is 5. The average molecular weight is 601 g/mol. The number of imidazole rings is 1. The van der Waals surface area contributed by atoms with E-state index < -0.39 is 36.6 Å². The fourth-order valence-corrected chi connectivity index (χ4v) is 4.93. The van der Waals surface area contributed by atoms with Crippen LogP contribution in [0.25, 0.3) is 11.2 Å². The first-order valence-electron chi connectivity index (χ1n) is 12.6. The van der Waals surface area contributed by atoms with E-state index in [2.05, 4.69) is 31.2 Å². The molecule has 4 rings (SSSR count). The molecule has 4 N–H and O–H groups in total. The first-order valence-corrected chi connectivity index (χ1v) is 13.9. The number of rotatable bonds is 14. The standard InChI is InChI=1S/C27H29ClN6O6S/c1-4-19(36)24(34-14-29-21-22(31-16(2)3)32-26(28)33-23(21)34)40-18(11-35)12-39-27(25(37)38,20-13-41-15-30-20)10-17-8-6-5-7-9-17/h1,5-9,13-16,18-19,24,35-36H,10-12H2,2-3H3,(H,37,38)(H,31,32,33)/t18-,19+,24+,27-/m0/s1. The van der Waals surface area contributed by atoms with Gasteiger partial charge in [-0.1, -0.05) is 36.3 Å². The van der Waals surface area contributed by atoms with Crippen LogP contribution in [-0.2, 0) is 26.3 Å². The molecule has 0 amide bonds. The van der Waals surface area contributed by atoms with Crippen molar-refractivity contribution in [2.75, 3.05) is 18.5 Å². The molecule has 3 heterocycles. The van der Waals surface area contributed by atoms with Crippen molar-refractivity contribution in [1.82, 2.24) is 24.5 Å². The van der Waals surface area contributed by atoms with Crippen LogP contribution in [0.1, 0.15) is 31.3 Å². The highest BCUT2D eigenvalue weighted by atomic mass is 35.5. The monoisotopic (exact) mass is 600 g/mol. The topological polar surface area (TPSA) is 165 Å². The number of aliphatic carboxylic acids is 1. The summed E-state index contributed by atoms with van der Waals surface area (Å²) >= 11 is 7.39. The molecule has 4 atom stereocenters. The Balaban J connectivity index is 1.65. The molecule has 12 nitrogen and oxygen atoms in total. The van der Waals surface area contributed by atoms with Crippen molar-refractivity contribution >= 4 is 45.9 Å². The van der Waals surface area contributed by atoms with Gasteiger partial charge in [-0.2, -0.15) is 9.97 Å². The third kappa shape index (κ3) is 6.82. The number of carbonyl (C=O) groups is 1. The van der Waals surface area contributed by atoms with Gasteiger partial charge in [-0.15, -0.1) is 17.8 Å². The van der Waals surface area contributed by atoms with Crippen LogP contribution in [0, 0.1) is 12.3 Å². The fourth-order valence-electron chi connectivity index (χ4n) is 4.15. The molecule has 41 heavy (non-hydrogen) atoms. The Morgan fingerprint density at radius 1 is 1.27 bits per heavy atom. The number of ether oxygens (including phenoxy) is 2. The molecule has 0 aliphatic heterocycles. The summed E-state index contributed by atoms with van der Waals surface area (Å²) in [6.07, 6.45) is 2.93. The lowest BCUT2D eigenvalue weighted by molar-refractivity contribution is -0.185. The normalized spacial score (nSPS) is 15.2. The van der Waals surface area contributed by atoms with Crippen LogP contribution >= 0.6 is 22.9 Å². The number of aliphatic hydroxyl groups is 2. The first kappa shape index (κ1) is 30.3. The number of nitrogens with zero attached hydrogens (tertiary/aromatic N) is 5. The van der Waals surface area contributed by atoms with E-state index >= 15 is 0 Å². The summed E-state index contributed by atoms with van der Waals surface area (Å²) in [6.45, 7) is 2.86. The Morgan fingerprint density at radius 2 is 2.02 bits per heavy atom. The van der Waals surface area contributed by atoms with Gasteiger partial charge < -0.3 is 30.1 Å². The van der Waals surface area contributed by atoms with Crippen molar-refractivity contribution in [2.24, 2.45) is 0 Å². The maximum Gasteiger partial charge on any atom is 0.342 e. The van der Waals surface area contributed by atoms with E-state index in [1.165, 1.54) is 27.7 Å². The second kappa shape index (κ2) is 13.3. The number of carboxylic acid groups (broad SMARTS) is 1. The van der Waals surface area contributed by atoms with Crippen molar-refractivity contribution in [3.63, 3.8) is 0 Å².